The van der Waals surface area contributed by atoms with E-state index in [0.29, 0.717) is 23.7 Å². The fraction of sp³-hybridized carbons (Fsp3) is 0.786. The van der Waals surface area contributed by atoms with E-state index in [9.17, 15) is 4.79 Å². The maximum Gasteiger partial charge on any atom is 0.306 e. The summed E-state index contributed by atoms with van der Waals surface area (Å²) < 4.78 is 5.57. The minimum atomic E-state index is 0.0117. The van der Waals surface area contributed by atoms with Gasteiger partial charge in [-0.2, -0.15) is 0 Å². The third-order valence-corrected chi connectivity index (χ3v) is 5.01. The van der Waals surface area contributed by atoms with Crippen molar-refractivity contribution in [3.05, 3.63) is 12.2 Å². The molecule has 0 aromatic heterocycles. The van der Waals surface area contributed by atoms with Crippen LogP contribution in [0.4, 0.5) is 0 Å². The summed E-state index contributed by atoms with van der Waals surface area (Å²) in [7, 11) is 0. The first kappa shape index (κ1) is 10.4. The van der Waals surface area contributed by atoms with Crippen molar-refractivity contribution >= 4 is 5.97 Å². The van der Waals surface area contributed by atoms with Crippen LogP contribution < -0.4 is 0 Å². The van der Waals surface area contributed by atoms with E-state index >= 15 is 0 Å². The molecule has 0 amide bonds. The molecule has 0 aromatic carbocycles. The molecule has 3 fully saturated rings. The summed E-state index contributed by atoms with van der Waals surface area (Å²) in [6, 6.07) is 0. The van der Waals surface area contributed by atoms with E-state index < -0.39 is 0 Å². The average Bonchev–Trinajstić information content (AvgIpc) is 2.57. The second kappa shape index (κ2) is 3.35. The lowest BCUT2D eigenvalue weighted by Gasteiger charge is -2.50. The molecule has 2 heteroatoms. The molecule has 1 heterocycles. The van der Waals surface area contributed by atoms with E-state index in [1.54, 1.807) is 0 Å². The Morgan fingerprint density at radius 1 is 1.44 bits per heavy atom. The van der Waals surface area contributed by atoms with Gasteiger partial charge in [0.2, 0.25) is 0 Å². The predicted molar refractivity (Wildman–Crippen MR) is 61.8 cm³/mol. The largest absolute Gasteiger partial charge is 0.461 e. The minimum Gasteiger partial charge on any atom is -0.461 e. The molecule has 0 bridgehead atoms. The quantitative estimate of drug-likeness (QED) is 0.463. The number of esters is 1. The summed E-state index contributed by atoms with van der Waals surface area (Å²) in [5.74, 6) is 0.921. The number of fused-ring (bicyclic) bond motifs is 3. The van der Waals surface area contributed by atoms with Crippen molar-refractivity contribution in [3.8, 4) is 0 Å². The summed E-state index contributed by atoms with van der Waals surface area (Å²) >= 11 is 0. The Hall–Kier alpha value is -0.790. The Bertz CT molecular complexity index is 347. The number of hydrogen-bond donors (Lipinski definition) is 0. The molecule has 16 heavy (non-hydrogen) atoms. The third kappa shape index (κ3) is 1.35. The van der Waals surface area contributed by atoms with Gasteiger partial charge in [0, 0.05) is 11.8 Å². The van der Waals surface area contributed by atoms with Crippen molar-refractivity contribution < 1.29 is 9.53 Å². The standard InChI is InChI=1S/C14H20O2/c1-9-4-3-6-14(2)7-5-10-8-11(15)16-13(10)12(9)14/h10,12-13H,1,3-8H2,2H3/t10-,12-,13+,14+/m1/s1. The van der Waals surface area contributed by atoms with Gasteiger partial charge in [0.25, 0.3) is 0 Å². The zero-order chi connectivity index (χ0) is 11.3. The fourth-order valence-corrected chi connectivity index (χ4v) is 4.18. The molecular weight excluding hydrogens is 200 g/mol. The van der Waals surface area contributed by atoms with Crippen LogP contribution >= 0.6 is 0 Å². The average molecular weight is 220 g/mol. The minimum absolute atomic E-state index is 0.0117. The number of carbonyl (C=O) groups excluding carboxylic acids is 1. The van der Waals surface area contributed by atoms with Crippen molar-refractivity contribution in [2.24, 2.45) is 17.3 Å². The van der Waals surface area contributed by atoms with Crippen molar-refractivity contribution in [2.45, 2.75) is 51.6 Å². The molecule has 2 aliphatic carbocycles. The first-order chi connectivity index (χ1) is 7.60. The fourth-order valence-electron chi connectivity index (χ4n) is 4.18. The van der Waals surface area contributed by atoms with E-state index in [1.165, 1.54) is 24.8 Å². The van der Waals surface area contributed by atoms with Crippen LogP contribution in [0.15, 0.2) is 12.2 Å². The molecule has 1 aliphatic heterocycles. The van der Waals surface area contributed by atoms with Crippen molar-refractivity contribution in [3.63, 3.8) is 0 Å². The van der Waals surface area contributed by atoms with E-state index in [4.69, 9.17) is 4.74 Å². The summed E-state index contributed by atoms with van der Waals surface area (Å²) in [6.07, 6.45) is 6.87. The molecule has 3 aliphatic rings. The molecule has 0 radical (unpaired) electrons. The predicted octanol–water partition coefficient (Wildman–Crippen LogP) is 3.07. The molecule has 0 N–H and O–H groups in total. The van der Waals surface area contributed by atoms with Gasteiger partial charge in [-0.3, -0.25) is 4.79 Å². The molecule has 3 rings (SSSR count). The highest BCUT2D eigenvalue weighted by molar-refractivity contribution is 5.72. The maximum absolute atomic E-state index is 11.4. The summed E-state index contributed by atoms with van der Waals surface area (Å²) in [5, 5.41) is 0. The van der Waals surface area contributed by atoms with E-state index in [-0.39, 0.29) is 12.1 Å². The molecule has 0 unspecified atom stereocenters. The molecule has 0 aromatic rings. The van der Waals surface area contributed by atoms with Crippen molar-refractivity contribution in [1.82, 2.24) is 0 Å². The maximum atomic E-state index is 11.4. The van der Waals surface area contributed by atoms with Gasteiger partial charge in [0.15, 0.2) is 0 Å². The molecule has 0 spiro atoms. The normalized spacial score (nSPS) is 47.2. The third-order valence-electron chi connectivity index (χ3n) is 5.01. The number of ether oxygens (including phenoxy) is 1. The summed E-state index contributed by atoms with van der Waals surface area (Å²) in [6.45, 7) is 6.60. The van der Waals surface area contributed by atoms with E-state index in [1.807, 2.05) is 0 Å². The van der Waals surface area contributed by atoms with Crippen molar-refractivity contribution in [2.75, 3.05) is 0 Å². The number of carbonyl (C=O) groups is 1. The lowest BCUT2D eigenvalue weighted by atomic mass is 9.56. The Kier molecular flexibility index (Phi) is 2.17. The monoisotopic (exact) mass is 220 g/mol. The molecule has 2 nitrogen and oxygen atoms in total. The second-order valence-corrected chi connectivity index (χ2v) is 6.10. The SMILES string of the molecule is C=C1CCC[C@@]2(C)CC[C@@H]3CC(=O)O[C@@H]3[C@@H]12. The van der Waals surface area contributed by atoms with Gasteiger partial charge in [-0.15, -0.1) is 0 Å². The first-order valence-electron chi connectivity index (χ1n) is 6.47. The zero-order valence-corrected chi connectivity index (χ0v) is 10.00. The van der Waals surface area contributed by atoms with Crippen LogP contribution in [0.1, 0.15) is 45.4 Å². The Morgan fingerprint density at radius 3 is 3.06 bits per heavy atom. The zero-order valence-electron chi connectivity index (χ0n) is 10.00. The summed E-state index contributed by atoms with van der Waals surface area (Å²) in [4.78, 5) is 11.4. The van der Waals surface area contributed by atoms with Crippen LogP contribution in [-0.2, 0) is 9.53 Å². The van der Waals surface area contributed by atoms with E-state index in [2.05, 4.69) is 13.5 Å². The number of hydrogen-bond acceptors (Lipinski definition) is 2. The molecular formula is C14H20O2. The van der Waals surface area contributed by atoms with Gasteiger partial charge in [-0.1, -0.05) is 19.1 Å². The molecule has 2 saturated carbocycles. The van der Waals surface area contributed by atoms with Crippen LogP contribution in [0.3, 0.4) is 0 Å². The van der Waals surface area contributed by atoms with Gasteiger partial charge in [0.1, 0.15) is 6.10 Å². The van der Waals surface area contributed by atoms with Gasteiger partial charge < -0.3 is 4.74 Å². The van der Waals surface area contributed by atoms with Crippen LogP contribution in [0.25, 0.3) is 0 Å². The second-order valence-electron chi connectivity index (χ2n) is 6.10. The van der Waals surface area contributed by atoms with Gasteiger partial charge in [-0.25, -0.2) is 0 Å². The Labute approximate surface area is 97.1 Å². The number of rotatable bonds is 0. The summed E-state index contributed by atoms with van der Waals surface area (Å²) in [5.41, 5.74) is 1.68. The first-order valence-corrected chi connectivity index (χ1v) is 6.47. The van der Waals surface area contributed by atoms with Gasteiger partial charge in [-0.05, 0) is 37.5 Å². The lowest BCUT2D eigenvalue weighted by molar-refractivity contribution is -0.146. The van der Waals surface area contributed by atoms with Gasteiger partial charge in [0.05, 0.1) is 6.42 Å². The van der Waals surface area contributed by atoms with Crippen LogP contribution in [0.2, 0.25) is 0 Å². The molecule has 88 valence electrons. The van der Waals surface area contributed by atoms with Crippen molar-refractivity contribution in [1.29, 1.82) is 0 Å². The topological polar surface area (TPSA) is 26.3 Å². The molecule has 4 atom stereocenters. The van der Waals surface area contributed by atoms with Crippen LogP contribution in [0, 0.1) is 17.3 Å². The highest BCUT2D eigenvalue weighted by atomic mass is 16.6. The molecule has 1 saturated heterocycles. The van der Waals surface area contributed by atoms with E-state index in [0.717, 1.165) is 12.8 Å². The Balaban J connectivity index is 1.93. The van der Waals surface area contributed by atoms with Crippen LogP contribution in [-0.4, -0.2) is 12.1 Å². The lowest BCUT2D eigenvalue weighted by Crippen LogP contribution is -2.46. The highest BCUT2D eigenvalue weighted by Crippen LogP contribution is 2.56. The Morgan fingerprint density at radius 2 is 2.25 bits per heavy atom. The smallest absolute Gasteiger partial charge is 0.306 e. The van der Waals surface area contributed by atoms with Gasteiger partial charge >= 0.3 is 5.97 Å². The van der Waals surface area contributed by atoms with Crippen LogP contribution in [0.5, 0.6) is 0 Å². The highest BCUT2D eigenvalue weighted by Gasteiger charge is 2.53.